The molecular formula is C15H27F3N2S. The Hall–Kier alpha value is 0.0600. The van der Waals surface area contributed by atoms with Crippen molar-refractivity contribution >= 4 is 11.8 Å². The summed E-state index contributed by atoms with van der Waals surface area (Å²) in [6, 6.07) is 0.357. The van der Waals surface area contributed by atoms with E-state index >= 15 is 0 Å². The van der Waals surface area contributed by atoms with E-state index in [4.69, 9.17) is 0 Å². The average Bonchev–Trinajstić information content (AvgIpc) is 3.21. The van der Waals surface area contributed by atoms with Gasteiger partial charge in [0.1, 0.15) is 0 Å². The monoisotopic (exact) mass is 324 g/mol. The van der Waals surface area contributed by atoms with Crippen LogP contribution < -0.4 is 5.32 Å². The van der Waals surface area contributed by atoms with Crippen molar-refractivity contribution in [2.75, 3.05) is 25.4 Å². The van der Waals surface area contributed by atoms with Crippen LogP contribution >= 0.6 is 11.8 Å². The highest BCUT2D eigenvalue weighted by Gasteiger charge is 2.46. The predicted octanol–water partition coefficient (Wildman–Crippen LogP) is 3.73. The Kier molecular flexibility index (Phi) is 5.53. The van der Waals surface area contributed by atoms with Gasteiger partial charge in [0.05, 0.1) is 0 Å². The van der Waals surface area contributed by atoms with Gasteiger partial charge in [0, 0.05) is 37.0 Å². The first-order chi connectivity index (χ1) is 9.75. The lowest BCUT2D eigenvalue weighted by atomic mass is 9.87. The zero-order valence-corrected chi connectivity index (χ0v) is 14.0. The highest BCUT2D eigenvalue weighted by atomic mass is 32.2. The van der Waals surface area contributed by atoms with Gasteiger partial charge in [-0.05, 0) is 43.4 Å². The van der Waals surface area contributed by atoms with Gasteiger partial charge in [-0.1, -0.05) is 20.3 Å². The Morgan fingerprint density at radius 2 is 2.05 bits per heavy atom. The molecule has 0 spiro atoms. The number of nitrogens with one attached hydrogen (secondary N) is 1. The van der Waals surface area contributed by atoms with E-state index in [1.165, 1.54) is 12.8 Å². The van der Waals surface area contributed by atoms with Crippen LogP contribution in [-0.4, -0.2) is 47.4 Å². The van der Waals surface area contributed by atoms with Crippen molar-refractivity contribution in [3.63, 3.8) is 0 Å². The summed E-state index contributed by atoms with van der Waals surface area (Å²) >= 11 is 0.111. The maximum Gasteiger partial charge on any atom is 0.441 e. The first-order valence-corrected chi connectivity index (χ1v) is 8.93. The Morgan fingerprint density at radius 3 is 2.57 bits per heavy atom. The maximum atomic E-state index is 12.4. The minimum atomic E-state index is -4.11. The van der Waals surface area contributed by atoms with Crippen molar-refractivity contribution in [3.8, 4) is 0 Å². The third-order valence-electron chi connectivity index (χ3n) is 5.14. The van der Waals surface area contributed by atoms with Gasteiger partial charge in [-0.15, -0.1) is 0 Å². The zero-order chi connectivity index (χ0) is 15.7. The molecule has 0 bridgehead atoms. The summed E-state index contributed by atoms with van der Waals surface area (Å²) in [6.07, 6.45) is 3.57. The number of halogens is 3. The van der Waals surface area contributed by atoms with Crippen molar-refractivity contribution in [2.45, 2.75) is 57.1 Å². The van der Waals surface area contributed by atoms with Gasteiger partial charge in [-0.25, -0.2) is 0 Å². The molecule has 1 heterocycles. The molecule has 1 aliphatic carbocycles. The molecule has 124 valence electrons. The lowest BCUT2D eigenvalue weighted by Gasteiger charge is -2.48. The van der Waals surface area contributed by atoms with Gasteiger partial charge in [-0.2, -0.15) is 13.2 Å². The van der Waals surface area contributed by atoms with Crippen LogP contribution in [0, 0.1) is 11.8 Å². The number of hydrogen-bond donors (Lipinski definition) is 1. The van der Waals surface area contributed by atoms with Crippen LogP contribution in [0.25, 0.3) is 0 Å². The van der Waals surface area contributed by atoms with E-state index in [1.807, 2.05) is 0 Å². The first-order valence-electron chi connectivity index (χ1n) is 7.95. The minimum Gasteiger partial charge on any atom is -0.308 e. The van der Waals surface area contributed by atoms with E-state index in [9.17, 15) is 13.2 Å². The second-order valence-electron chi connectivity index (χ2n) is 6.79. The van der Waals surface area contributed by atoms with Crippen LogP contribution in [0.5, 0.6) is 0 Å². The van der Waals surface area contributed by atoms with Crippen molar-refractivity contribution < 1.29 is 13.2 Å². The highest BCUT2D eigenvalue weighted by Crippen LogP contribution is 2.42. The van der Waals surface area contributed by atoms with Gasteiger partial charge < -0.3 is 5.32 Å². The third-order valence-corrected chi connectivity index (χ3v) is 5.85. The lowest BCUT2D eigenvalue weighted by Crippen LogP contribution is -2.65. The second-order valence-corrected chi connectivity index (χ2v) is 7.95. The third kappa shape index (κ3) is 4.76. The summed E-state index contributed by atoms with van der Waals surface area (Å²) in [4.78, 5) is 2.31. The Morgan fingerprint density at radius 1 is 1.38 bits per heavy atom. The molecular weight excluding hydrogens is 297 g/mol. The normalized spacial score (nSPS) is 33.1. The summed E-state index contributed by atoms with van der Waals surface area (Å²) in [5, 5.41) is 3.69. The fourth-order valence-electron chi connectivity index (χ4n) is 3.41. The molecule has 0 amide bonds. The molecule has 0 radical (unpaired) electrons. The minimum absolute atomic E-state index is 0.0901. The van der Waals surface area contributed by atoms with Gasteiger partial charge >= 0.3 is 5.51 Å². The number of alkyl halides is 3. The smallest absolute Gasteiger partial charge is 0.308 e. The maximum absolute atomic E-state index is 12.4. The molecule has 0 aromatic carbocycles. The van der Waals surface area contributed by atoms with E-state index in [2.05, 4.69) is 31.0 Å². The Labute approximate surface area is 130 Å². The first kappa shape index (κ1) is 17.4. The van der Waals surface area contributed by atoms with E-state index in [0.29, 0.717) is 24.4 Å². The molecule has 6 heteroatoms. The number of thioether (sulfide) groups is 1. The number of nitrogens with zero attached hydrogens (tertiary/aromatic N) is 1. The molecule has 1 saturated heterocycles. The standard InChI is InChI=1S/C15H27F3N2S/c1-4-11(2)13-9-19-14(3,12-5-6-12)10-20(13)7-8-21-15(16,17)18/h11-13,19H,4-10H2,1-3H3. The summed E-state index contributed by atoms with van der Waals surface area (Å²) in [7, 11) is 0. The van der Waals surface area contributed by atoms with Crippen LogP contribution in [0.1, 0.15) is 40.0 Å². The Bertz CT molecular complexity index is 346. The lowest BCUT2D eigenvalue weighted by molar-refractivity contribution is -0.0331. The molecule has 2 rings (SSSR count). The van der Waals surface area contributed by atoms with Crippen LogP contribution in [0.4, 0.5) is 13.2 Å². The summed E-state index contributed by atoms with van der Waals surface area (Å²) in [5.74, 6) is 1.35. The van der Waals surface area contributed by atoms with Gasteiger partial charge in [0.15, 0.2) is 0 Å². The summed E-state index contributed by atoms with van der Waals surface area (Å²) in [5.41, 5.74) is -4.02. The second kappa shape index (κ2) is 6.67. The summed E-state index contributed by atoms with van der Waals surface area (Å²) < 4.78 is 37.1. The number of rotatable bonds is 6. The van der Waals surface area contributed by atoms with Crippen molar-refractivity contribution in [2.24, 2.45) is 11.8 Å². The predicted molar refractivity (Wildman–Crippen MR) is 82.5 cm³/mol. The fourth-order valence-corrected chi connectivity index (χ4v) is 3.97. The van der Waals surface area contributed by atoms with Gasteiger partial charge in [0.25, 0.3) is 0 Å². The molecule has 0 aromatic heterocycles. The van der Waals surface area contributed by atoms with Gasteiger partial charge in [0.2, 0.25) is 0 Å². The topological polar surface area (TPSA) is 15.3 Å². The molecule has 2 aliphatic rings. The molecule has 1 N–H and O–H groups in total. The van der Waals surface area contributed by atoms with Crippen molar-refractivity contribution in [1.29, 1.82) is 0 Å². The number of piperazine rings is 1. The molecule has 3 atom stereocenters. The molecule has 0 aromatic rings. The van der Waals surface area contributed by atoms with Gasteiger partial charge in [-0.3, -0.25) is 4.90 Å². The van der Waals surface area contributed by atoms with Crippen molar-refractivity contribution in [3.05, 3.63) is 0 Å². The average molecular weight is 324 g/mol. The quantitative estimate of drug-likeness (QED) is 0.801. The largest absolute Gasteiger partial charge is 0.441 e. The highest BCUT2D eigenvalue weighted by molar-refractivity contribution is 8.00. The zero-order valence-electron chi connectivity index (χ0n) is 13.2. The molecule has 2 fully saturated rings. The van der Waals surface area contributed by atoms with Crippen LogP contribution in [0.15, 0.2) is 0 Å². The van der Waals surface area contributed by atoms with E-state index in [-0.39, 0.29) is 23.1 Å². The van der Waals surface area contributed by atoms with E-state index in [1.54, 1.807) is 0 Å². The van der Waals surface area contributed by atoms with Crippen LogP contribution in [0.2, 0.25) is 0 Å². The van der Waals surface area contributed by atoms with Crippen LogP contribution in [0.3, 0.4) is 0 Å². The summed E-state index contributed by atoms with van der Waals surface area (Å²) in [6.45, 7) is 8.91. The van der Waals surface area contributed by atoms with E-state index in [0.717, 1.165) is 19.5 Å². The SMILES string of the molecule is CCC(C)C1CNC(C)(C2CC2)CN1CCSC(F)(F)F. The van der Waals surface area contributed by atoms with E-state index < -0.39 is 5.51 Å². The molecule has 21 heavy (non-hydrogen) atoms. The molecule has 1 aliphatic heterocycles. The van der Waals surface area contributed by atoms with Crippen LogP contribution in [-0.2, 0) is 0 Å². The fraction of sp³-hybridized carbons (Fsp3) is 1.00. The molecule has 2 nitrogen and oxygen atoms in total. The Balaban J connectivity index is 1.95. The molecule has 1 saturated carbocycles. The molecule has 3 unspecified atom stereocenters. The number of hydrogen-bond acceptors (Lipinski definition) is 3. The van der Waals surface area contributed by atoms with Crippen molar-refractivity contribution in [1.82, 2.24) is 10.2 Å².